The fourth-order valence-electron chi connectivity index (χ4n) is 2.20. The molecule has 0 atom stereocenters. The standard InChI is InChI=1S/C13H14N6O2/c1-7-6-8(14)4-5-19(7)12-15-9-10(16-12)17(2)13(21)18(3)11(9)20/h4-6H,1,14H2,2-3H3,(H,15,16). The Kier molecular flexibility index (Phi) is 2.62. The molecule has 1 aliphatic rings. The summed E-state index contributed by atoms with van der Waals surface area (Å²) < 4.78 is 2.35. The van der Waals surface area contributed by atoms with E-state index in [1.807, 2.05) is 0 Å². The van der Waals surface area contributed by atoms with Crippen molar-refractivity contribution in [1.29, 1.82) is 0 Å². The number of anilines is 1. The van der Waals surface area contributed by atoms with Gasteiger partial charge in [0.2, 0.25) is 5.95 Å². The quantitative estimate of drug-likeness (QED) is 0.746. The molecular weight excluding hydrogens is 272 g/mol. The van der Waals surface area contributed by atoms with Gasteiger partial charge in [-0.05, 0) is 12.2 Å². The van der Waals surface area contributed by atoms with E-state index in [9.17, 15) is 9.59 Å². The predicted molar refractivity (Wildman–Crippen MR) is 79.6 cm³/mol. The zero-order valence-corrected chi connectivity index (χ0v) is 11.6. The summed E-state index contributed by atoms with van der Waals surface area (Å²) in [5.74, 6) is 0.397. The number of allylic oxidation sites excluding steroid dienone is 2. The van der Waals surface area contributed by atoms with Gasteiger partial charge in [-0.15, -0.1) is 0 Å². The SMILES string of the molecule is C=C1C=C(N)C=CN1c1nc2c([nH]1)c(=O)n(C)c(=O)n2C. The van der Waals surface area contributed by atoms with Crippen molar-refractivity contribution >= 4 is 17.1 Å². The highest BCUT2D eigenvalue weighted by molar-refractivity contribution is 5.74. The fourth-order valence-corrected chi connectivity index (χ4v) is 2.20. The van der Waals surface area contributed by atoms with Gasteiger partial charge in [-0.1, -0.05) is 6.58 Å². The van der Waals surface area contributed by atoms with Crippen molar-refractivity contribution in [3.8, 4) is 0 Å². The molecule has 0 aromatic carbocycles. The number of nitrogens with two attached hydrogens (primary N) is 1. The maximum absolute atomic E-state index is 12.1. The van der Waals surface area contributed by atoms with Crippen molar-refractivity contribution in [2.24, 2.45) is 19.8 Å². The molecule has 1 aliphatic heterocycles. The van der Waals surface area contributed by atoms with Crippen LogP contribution in [0, 0.1) is 0 Å². The molecule has 0 spiro atoms. The Morgan fingerprint density at radius 3 is 2.67 bits per heavy atom. The highest BCUT2D eigenvalue weighted by atomic mass is 16.2. The first-order valence-electron chi connectivity index (χ1n) is 6.19. The third kappa shape index (κ3) is 1.80. The molecular formula is C13H14N6O2. The Labute approximate surface area is 119 Å². The number of fused-ring (bicyclic) bond motifs is 1. The van der Waals surface area contributed by atoms with E-state index in [1.54, 1.807) is 30.3 Å². The minimum Gasteiger partial charge on any atom is -0.399 e. The summed E-state index contributed by atoms with van der Waals surface area (Å²) in [5, 5.41) is 0. The van der Waals surface area contributed by atoms with E-state index in [1.165, 1.54) is 11.6 Å². The lowest BCUT2D eigenvalue weighted by Crippen LogP contribution is -2.36. The summed E-state index contributed by atoms with van der Waals surface area (Å²) in [7, 11) is 2.99. The first-order chi connectivity index (χ1) is 9.90. The zero-order chi connectivity index (χ0) is 15.3. The topological polar surface area (TPSA) is 102 Å². The van der Waals surface area contributed by atoms with E-state index in [0.717, 1.165) is 4.57 Å². The van der Waals surface area contributed by atoms with E-state index in [0.29, 0.717) is 23.0 Å². The van der Waals surface area contributed by atoms with E-state index in [-0.39, 0.29) is 5.52 Å². The van der Waals surface area contributed by atoms with Gasteiger partial charge < -0.3 is 10.7 Å². The number of nitrogens with one attached hydrogen (secondary N) is 1. The fraction of sp³-hybridized carbons (Fsp3) is 0.154. The lowest BCUT2D eigenvalue weighted by molar-refractivity contribution is 0.709. The molecule has 0 radical (unpaired) electrons. The number of aromatic amines is 1. The highest BCUT2D eigenvalue weighted by Crippen LogP contribution is 2.21. The smallest absolute Gasteiger partial charge is 0.332 e. The maximum Gasteiger partial charge on any atom is 0.332 e. The van der Waals surface area contributed by atoms with E-state index in [2.05, 4.69) is 16.5 Å². The third-order valence-corrected chi connectivity index (χ3v) is 3.37. The van der Waals surface area contributed by atoms with Gasteiger partial charge in [-0.3, -0.25) is 18.8 Å². The van der Waals surface area contributed by atoms with Crippen LogP contribution in [0.25, 0.3) is 11.2 Å². The average molecular weight is 286 g/mol. The van der Waals surface area contributed by atoms with Gasteiger partial charge >= 0.3 is 5.69 Å². The maximum atomic E-state index is 12.1. The number of hydrogen-bond donors (Lipinski definition) is 2. The number of nitrogens with zero attached hydrogens (tertiary/aromatic N) is 4. The van der Waals surface area contributed by atoms with E-state index < -0.39 is 11.2 Å². The monoisotopic (exact) mass is 286 g/mol. The summed E-state index contributed by atoms with van der Waals surface area (Å²) in [6, 6.07) is 0. The molecule has 2 aromatic heterocycles. The van der Waals surface area contributed by atoms with Crippen LogP contribution in [-0.2, 0) is 14.1 Å². The molecule has 3 N–H and O–H groups in total. The molecule has 2 aromatic rings. The molecule has 108 valence electrons. The van der Waals surface area contributed by atoms with Crippen molar-refractivity contribution in [2.75, 3.05) is 4.90 Å². The van der Waals surface area contributed by atoms with Crippen molar-refractivity contribution in [3.05, 3.63) is 57.2 Å². The number of aryl methyl sites for hydroxylation is 1. The lowest BCUT2D eigenvalue weighted by Gasteiger charge is -2.20. The van der Waals surface area contributed by atoms with Crippen LogP contribution in [0.4, 0.5) is 5.95 Å². The molecule has 0 saturated heterocycles. The van der Waals surface area contributed by atoms with Gasteiger partial charge in [0, 0.05) is 31.7 Å². The molecule has 0 amide bonds. The normalized spacial score (nSPS) is 14.9. The largest absolute Gasteiger partial charge is 0.399 e. The lowest BCUT2D eigenvalue weighted by atomic mass is 10.2. The van der Waals surface area contributed by atoms with Gasteiger partial charge in [-0.25, -0.2) is 4.79 Å². The molecule has 8 heteroatoms. The van der Waals surface area contributed by atoms with Crippen LogP contribution >= 0.6 is 0 Å². The second-order valence-electron chi connectivity index (χ2n) is 4.79. The summed E-state index contributed by atoms with van der Waals surface area (Å²) in [6.45, 7) is 3.88. The van der Waals surface area contributed by atoms with Gasteiger partial charge in [0.15, 0.2) is 11.2 Å². The first kappa shape index (κ1) is 13.0. The Hall–Kier alpha value is -3.03. The summed E-state index contributed by atoms with van der Waals surface area (Å²) in [6.07, 6.45) is 5.07. The minimum absolute atomic E-state index is 0.262. The molecule has 0 saturated carbocycles. The van der Waals surface area contributed by atoms with Crippen LogP contribution in [0.3, 0.4) is 0 Å². The van der Waals surface area contributed by atoms with Crippen LogP contribution in [0.15, 0.2) is 45.9 Å². The molecule has 0 fully saturated rings. The van der Waals surface area contributed by atoms with Crippen LogP contribution in [-0.4, -0.2) is 19.1 Å². The first-order valence-corrected chi connectivity index (χ1v) is 6.19. The van der Waals surface area contributed by atoms with Gasteiger partial charge in [0.25, 0.3) is 5.56 Å². The van der Waals surface area contributed by atoms with Gasteiger partial charge in [0.05, 0.1) is 0 Å². The van der Waals surface area contributed by atoms with Crippen LogP contribution in [0.1, 0.15) is 0 Å². The number of H-pyrrole nitrogens is 1. The third-order valence-electron chi connectivity index (χ3n) is 3.37. The molecule has 3 rings (SSSR count). The Balaban J connectivity index is 2.24. The second kappa shape index (κ2) is 4.23. The van der Waals surface area contributed by atoms with Crippen molar-refractivity contribution in [1.82, 2.24) is 19.1 Å². The summed E-state index contributed by atoms with van der Waals surface area (Å²) in [5.41, 5.74) is 6.58. The Morgan fingerprint density at radius 2 is 2.00 bits per heavy atom. The Morgan fingerprint density at radius 1 is 1.29 bits per heavy atom. The Bertz CT molecular complexity index is 940. The van der Waals surface area contributed by atoms with Crippen LogP contribution in [0.5, 0.6) is 0 Å². The molecule has 21 heavy (non-hydrogen) atoms. The van der Waals surface area contributed by atoms with Crippen molar-refractivity contribution in [3.63, 3.8) is 0 Å². The molecule has 8 nitrogen and oxygen atoms in total. The number of rotatable bonds is 1. The number of aromatic nitrogens is 4. The molecule has 0 bridgehead atoms. The molecule has 0 unspecified atom stereocenters. The summed E-state index contributed by atoms with van der Waals surface area (Å²) in [4.78, 5) is 32.9. The average Bonchev–Trinajstić information content (AvgIpc) is 2.88. The number of imidazole rings is 1. The van der Waals surface area contributed by atoms with Crippen molar-refractivity contribution in [2.45, 2.75) is 0 Å². The van der Waals surface area contributed by atoms with Gasteiger partial charge in [-0.2, -0.15) is 4.98 Å². The predicted octanol–water partition coefficient (Wildman–Crippen LogP) is -0.350. The molecule has 3 heterocycles. The minimum atomic E-state index is -0.428. The molecule has 0 aliphatic carbocycles. The zero-order valence-electron chi connectivity index (χ0n) is 11.6. The van der Waals surface area contributed by atoms with Crippen LogP contribution in [0.2, 0.25) is 0 Å². The van der Waals surface area contributed by atoms with E-state index >= 15 is 0 Å². The van der Waals surface area contributed by atoms with Crippen molar-refractivity contribution < 1.29 is 0 Å². The van der Waals surface area contributed by atoms with Crippen LogP contribution < -0.4 is 21.9 Å². The second-order valence-corrected chi connectivity index (χ2v) is 4.79. The van der Waals surface area contributed by atoms with Gasteiger partial charge in [0.1, 0.15) is 0 Å². The number of hydrogen-bond acceptors (Lipinski definition) is 5. The summed E-state index contributed by atoms with van der Waals surface area (Å²) >= 11 is 0. The van der Waals surface area contributed by atoms with E-state index in [4.69, 9.17) is 5.73 Å². The highest BCUT2D eigenvalue weighted by Gasteiger charge is 2.18.